The summed E-state index contributed by atoms with van der Waals surface area (Å²) in [6.07, 6.45) is 0. The largest absolute Gasteiger partial charge is 0.454 e. The summed E-state index contributed by atoms with van der Waals surface area (Å²) < 4.78 is 15.9. The standard InChI is InChI=1S/C49H30N2O2S/c1-3-13-31(14-4-1)35-17-7-9-22-41(35)51(34-27-25-32(26-28-34)36-19-11-20-38-37-18-8-10-24-44(37)54-48(36)38)42-23-12-21-39-45-43(52-46(39)42)30-29-40-47(45)53-49(50-40)33-15-5-2-6-16-33/h1-30H. The molecule has 0 aliphatic carbocycles. The van der Waals surface area contributed by atoms with E-state index in [1.54, 1.807) is 0 Å². The molecule has 54 heavy (non-hydrogen) atoms. The number of anilines is 3. The first-order chi connectivity index (χ1) is 26.8. The van der Waals surface area contributed by atoms with E-state index in [-0.39, 0.29) is 0 Å². The Balaban J connectivity index is 1.11. The van der Waals surface area contributed by atoms with Crippen LogP contribution in [0.3, 0.4) is 0 Å². The lowest BCUT2D eigenvalue weighted by molar-refractivity contribution is 0.622. The number of aromatic nitrogens is 1. The SMILES string of the molecule is c1ccc(-c2nc3ccc4oc5c(N(c6ccc(-c7cccc8c7sc7ccccc78)cc6)c6ccccc6-c6ccccc6)cccc5c4c3o2)cc1. The van der Waals surface area contributed by atoms with E-state index in [4.69, 9.17) is 13.8 Å². The van der Waals surface area contributed by atoms with E-state index in [0.717, 1.165) is 66.8 Å². The summed E-state index contributed by atoms with van der Waals surface area (Å²) in [5.74, 6) is 0.591. The first-order valence-electron chi connectivity index (χ1n) is 18.0. The minimum Gasteiger partial charge on any atom is -0.454 e. The Morgan fingerprint density at radius 1 is 0.444 bits per heavy atom. The van der Waals surface area contributed by atoms with Crippen molar-refractivity contribution < 1.29 is 8.83 Å². The number of thiophene rings is 1. The average molecular weight is 711 g/mol. The van der Waals surface area contributed by atoms with Crippen LogP contribution >= 0.6 is 11.3 Å². The number of benzene rings is 8. The first-order valence-corrected chi connectivity index (χ1v) is 18.9. The van der Waals surface area contributed by atoms with Gasteiger partial charge in [0.15, 0.2) is 11.2 Å². The third-order valence-electron chi connectivity index (χ3n) is 10.3. The summed E-state index contributed by atoms with van der Waals surface area (Å²) in [5.41, 5.74) is 11.7. The normalized spacial score (nSPS) is 11.7. The molecule has 11 rings (SSSR count). The van der Waals surface area contributed by atoms with Crippen LogP contribution < -0.4 is 4.90 Å². The van der Waals surface area contributed by atoms with Crippen LogP contribution in [0, 0.1) is 0 Å². The quantitative estimate of drug-likeness (QED) is 0.172. The molecular formula is C49H30N2O2S. The molecule has 0 aliphatic heterocycles. The van der Waals surface area contributed by atoms with Gasteiger partial charge in [-0.3, -0.25) is 0 Å². The molecule has 0 fully saturated rings. The third-order valence-corrected chi connectivity index (χ3v) is 11.5. The fraction of sp³-hybridized carbons (Fsp3) is 0. The summed E-state index contributed by atoms with van der Waals surface area (Å²) in [6.45, 7) is 0. The Morgan fingerprint density at radius 3 is 1.94 bits per heavy atom. The predicted octanol–water partition coefficient (Wildman–Crippen LogP) is 14.6. The molecule has 0 amide bonds. The van der Waals surface area contributed by atoms with Crippen molar-refractivity contribution in [3.8, 4) is 33.7 Å². The van der Waals surface area contributed by atoms with Gasteiger partial charge in [0, 0.05) is 42.4 Å². The van der Waals surface area contributed by atoms with Crippen LogP contribution in [0.25, 0.3) is 86.9 Å². The Kier molecular flexibility index (Phi) is 7.00. The van der Waals surface area contributed by atoms with Crippen molar-refractivity contribution in [1.82, 2.24) is 4.98 Å². The lowest BCUT2D eigenvalue weighted by atomic mass is 10.00. The van der Waals surface area contributed by atoms with Gasteiger partial charge in [0.1, 0.15) is 11.1 Å². The van der Waals surface area contributed by atoms with E-state index in [0.29, 0.717) is 5.89 Å². The van der Waals surface area contributed by atoms with E-state index in [2.05, 4.69) is 144 Å². The van der Waals surface area contributed by atoms with Crippen molar-refractivity contribution in [2.75, 3.05) is 4.90 Å². The Labute approximate surface area is 314 Å². The van der Waals surface area contributed by atoms with Crippen molar-refractivity contribution in [3.63, 3.8) is 0 Å². The Bertz CT molecular complexity index is 3160. The number of oxazole rings is 1. The molecule has 0 unspecified atom stereocenters. The van der Waals surface area contributed by atoms with E-state index in [1.165, 1.54) is 31.3 Å². The van der Waals surface area contributed by atoms with Gasteiger partial charge < -0.3 is 13.7 Å². The van der Waals surface area contributed by atoms with Crippen LogP contribution in [0.15, 0.2) is 191 Å². The molecule has 8 aromatic carbocycles. The van der Waals surface area contributed by atoms with Crippen LogP contribution in [0.2, 0.25) is 0 Å². The van der Waals surface area contributed by atoms with Gasteiger partial charge in [0.05, 0.1) is 16.8 Å². The van der Waals surface area contributed by atoms with Gasteiger partial charge in [-0.1, -0.05) is 127 Å². The Hall–Kier alpha value is -6.95. The number of rotatable bonds is 6. The van der Waals surface area contributed by atoms with Gasteiger partial charge in [-0.25, -0.2) is 4.98 Å². The van der Waals surface area contributed by atoms with Crippen molar-refractivity contribution in [2.24, 2.45) is 0 Å². The molecule has 0 saturated heterocycles. The van der Waals surface area contributed by atoms with E-state index >= 15 is 0 Å². The summed E-state index contributed by atoms with van der Waals surface area (Å²) in [5, 5.41) is 4.49. The maximum absolute atomic E-state index is 6.82. The number of fused-ring (bicyclic) bond motifs is 8. The average Bonchev–Trinajstić information content (AvgIpc) is 3.96. The van der Waals surface area contributed by atoms with Gasteiger partial charge in [-0.2, -0.15) is 0 Å². The minimum atomic E-state index is 0.591. The minimum absolute atomic E-state index is 0.591. The van der Waals surface area contributed by atoms with Crippen molar-refractivity contribution >= 4 is 81.6 Å². The number of furan rings is 1. The van der Waals surface area contributed by atoms with Crippen LogP contribution in [0.1, 0.15) is 0 Å². The van der Waals surface area contributed by atoms with E-state index in [9.17, 15) is 0 Å². The highest BCUT2D eigenvalue weighted by Gasteiger charge is 2.24. The van der Waals surface area contributed by atoms with Gasteiger partial charge >= 0.3 is 0 Å². The zero-order valence-electron chi connectivity index (χ0n) is 28.9. The first kappa shape index (κ1) is 30.7. The fourth-order valence-electron chi connectivity index (χ4n) is 7.84. The zero-order chi connectivity index (χ0) is 35.6. The fourth-order valence-corrected chi connectivity index (χ4v) is 9.07. The lowest BCUT2D eigenvalue weighted by Crippen LogP contribution is -2.11. The molecule has 0 atom stereocenters. The van der Waals surface area contributed by atoms with Gasteiger partial charge in [0.2, 0.25) is 5.89 Å². The molecule has 0 radical (unpaired) electrons. The van der Waals surface area contributed by atoms with Crippen LogP contribution in [0.5, 0.6) is 0 Å². The third kappa shape index (κ3) is 4.86. The molecule has 0 saturated carbocycles. The number of hydrogen-bond acceptors (Lipinski definition) is 5. The van der Waals surface area contributed by atoms with Gasteiger partial charge in [-0.15, -0.1) is 11.3 Å². The number of nitrogens with zero attached hydrogens (tertiary/aromatic N) is 2. The molecule has 3 aromatic heterocycles. The van der Waals surface area contributed by atoms with Gasteiger partial charge in [-0.05, 0) is 71.3 Å². The monoisotopic (exact) mass is 710 g/mol. The molecule has 5 heteroatoms. The van der Waals surface area contributed by atoms with Crippen molar-refractivity contribution in [3.05, 3.63) is 182 Å². The zero-order valence-corrected chi connectivity index (χ0v) is 29.8. The van der Waals surface area contributed by atoms with Crippen LogP contribution in [0.4, 0.5) is 17.1 Å². The molecule has 0 N–H and O–H groups in total. The highest BCUT2D eigenvalue weighted by molar-refractivity contribution is 7.26. The maximum Gasteiger partial charge on any atom is 0.227 e. The second-order valence-electron chi connectivity index (χ2n) is 13.5. The summed E-state index contributed by atoms with van der Waals surface area (Å²) in [4.78, 5) is 7.19. The second kappa shape index (κ2) is 12.3. The van der Waals surface area contributed by atoms with E-state index in [1.807, 2.05) is 53.8 Å². The maximum atomic E-state index is 6.82. The molecular weight excluding hydrogens is 681 g/mol. The lowest BCUT2D eigenvalue weighted by Gasteiger charge is -2.28. The van der Waals surface area contributed by atoms with Gasteiger partial charge in [0.25, 0.3) is 0 Å². The topological polar surface area (TPSA) is 42.4 Å². The second-order valence-corrected chi connectivity index (χ2v) is 14.5. The highest BCUT2D eigenvalue weighted by Crippen LogP contribution is 2.47. The van der Waals surface area contributed by atoms with Crippen molar-refractivity contribution in [1.29, 1.82) is 0 Å². The molecule has 3 heterocycles. The molecule has 0 spiro atoms. The van der Waals surface area contributed by atoms with E-state index < -0.39 is 0 Å². The number of hydrogen-bond donors (Lipinski definition) is 0. The van der Waals surface area contributed by atoms with Crippen LogP contribution in [-0.4, -0.2) is 4.98 Å². The van der Waals surface area contributed by atoms with Crippen molar-refractivity contribution in [2.45, 2.75) is 0 Å². The summed E-state index contributed by atoms with van der Waals surface area (Å²) in [7, 11) is 0. The van der Waals surface area contributed by atoms with Crippen LogP contribution in [-0.2, 0) is 0 Å². The number of para-hydroxylation sites is 2. The molecule has 0 aliphatic rings. The predicted molar refractivity (Wildman–Crippen MR) is 225 cm³/mol. The molecule has 254 valence electrons. The summed E-state index contributed by atoms with van der Waals surface area (Å²) >= 11 is 1.86. The summed E-state index contributed by atoms with van der Waals surface area (Å²) in [6, 6.07) is 63.8. The molecule has 11 aromatic rings. The Morgan fingerprint density at radius 2 is 1.09 bits per heavy atom. The smallest absolute Gasteiger partial charge is 0.227 e. The molecule has 4 nitrogen and oxygen atoms in total. The highest BCUT2D eigenvalue weighted by atomic mass is 32.1. The molecule has 0 bridgehead atoms.